The summed E-state index contributed by atoms with van der Waals surface area (Å²) in [7, 11) is 1.51. The van der Waals surface area contributed by atoms with E-state index in [4.69, 9.17) is 9.84 Å². The molecule has 0 radical (unpaired) electrons. The van der Waals surface area contributed by atoms with Crippen molar-refractivity contribution in [2.24, 2.45) is 7.05 Å². The molecular formula is C22H25N3O5. The molecule has 30 heavy (non-hydrogen) atoms. The maximum atomic E-state index is 12.9. The summed E-state index contributed by atoms with van der Waals surface area (Å²) in [5.74, 6) is -0.0138. The van der Waals surface area contributed by atoms with E-state index in [0.717, 1.165) is 21.4 Å². The fourth-order valence-corrected chi connectivity index (χ4v) is 3.66. The van der Waals surface area contributed by atoms with E-state index in [1.165, 1.54) is 29.9 Å². The number of carboxylic acid groups (broad SMARTS) is 1. The van der Waals surface area contributed by atoms with Crippen LogP contribution in [0.5, 0.6) is 5.75 Å². The molecule has 0 aliphatic rings. The smallest absolute Gasteiger partial charge is 0.449 e. The van der Waals surface area contributed by atoms with Gasteiger partial charge < -0.3 is 15.2 Å². The highest BCUT2D eigenvalue weighted by Crippen LogP contribution is 2.28. The lowest BCUT2D eigenvalue weighted by Crippen LogP contribution is -2.38. The SMILES string of the molecule is Cc1cccc(C(C)(C)C)c1CNC(=O)n1c(=O)c2cccc(OC(=O)O)c2n1C. The van der Waals surface area contributed by atoms with Crippen molar-refractivity contribution in [2.75, 3.05) is 0 Å². The highest BCUT2D eigenvalue weighted by Gasteiger charge is 2.22. The minimum atomic E-state index is -1.50. The zero-order chi connectivity index (χ0) is 22.2. The van der Waals surface area contributed by atoms with Crippen molar-refractivity contribution >= 4 is 23.1 Å². The van der Waals surface area contributed by atoms with E-state index < -0.39 is 17.7 Å². The molecule has 1 amide bonds. The van der Waals surface area contributed by atoms with E-state index in [2.05, 4.69) is 26.1 Å². The minimum Gasteiger partial charge on any atom is -0.449 e. The Labute approximate surface area is 173 Å². The van der Waals surface area contributed by atoms with Crippen LogP contribution in [0.2, 0.25) is 0 Å². The number of benzene rings is 2. The average Bonchev–Trinajstić information content (AvgIpc) is 2.90. The van der Waals surface area contributed by atoms with Crippen LogP contribution in [0, 0.1) is 6.92 Å². The number of aryl methyl sites for hydroxylation is 2. The molecule has 8 nitrogen and oxygen atoms in total. The first kappa shape index (κ1) is 21.2. The van der Waals surface area contributed by atoms with Gasteiger partial charge in [-0.05, 0) is 41.2 Å². The monoisotopic (exact) mass is 411 g/mol. The fourth-order valence-electron chi connectivity index (χ4n) is 3.66. The summed E-state index contributed by atoms with van der Waals surface area (Å²) in [5.41, 5.74) is 2.73. The van der Waals surface area contributed by atoms with Gasteiger partial charge in [0.25, 0.3) is 5.56 Å². The van der Waals surface area contributed by atoms with Gasteiger partial charge in [-0.2, -0.15) is 4.68 Å². The maximum Gasteiger partial charge on any atom is 0.511 e. The third-order valence-corrected chi connectivity index (χ3v) is 5.07. The number of rotatable bonds is 3. The Morgan fingerprint density at radius 2 is 1.80 bits per heavy atom. The second kappa shape index (κ2) is 7.70. The molecule has 2 aromatic carbocycles. The van der Waals surface area contributed by atoms with Gasteiger partial charge in [-0.15, -0.1) is 0 Å². The summed E-state index contributed by atoms with van der Waals surface area (Å²) in [6.07, 6.45) is -1.50. The van der Waals surface area contributed by atoms with Crippen molar-refractivity contribution in [3.8, 4) is 5.75 Å². The number of amides is 1. The molecule has 0 fully saturated rings. The number of aromatic nitrogens is 2. The molecule has 3 rings (SSSR count). The number of fused-ring (bicyclic) bond motifs is 1. The lowest BCUT2D eigenvalue weighted by Gasteiger charge is -2.24. The third kappa shape index (κ3) is 3.80. The standard InChI is InChI=1S/C22H25N3O5/c1-13-8-6-10-16(22(2,3)4)15(13)12-23-20(27)25-19(26)14-9-7-11-17(30-21(28)29)18(14)24(25)5/h6-11H,12H2,1-5H3,(H,23,27)(H,28,29). The second-order valence-electron chi connectivity index (χ2n) is 8.17. The zero-order valence-electron chi connectivity index (χ0n) is 17.6. The highest BCUT2D eigenvalue weighted by molar-refractivity contribution is 5.89. The minimum absolute atomic E-state index is 0.0138. The van der Waals surface area contributed by atoms with Gasteiger partial charge >= 0.3 is 12.2 Å². The first-order valence-electron chi connectivity index (χ1n) is 9.51. The Morgan fingerprint density at radius 1 is 1.13 bits per heavy atom. The van der Waals surface area contributed by atoms with Crippen LogP contribution in [0.1, 0.15) is 37.5 Å². The topological polar surface area (TPSA) is 103 Å². The molecule has 1 heterocycles. The van der Waals surface area contributed by atoms with Gasteiger partial charge in [0.05, 0.1) is 5.39 Å². The Balaban J connectivity index is 1.98. The van der Waals surface area contributed by atoms with Crippen molar-refractivity contribution in [3.05, 3.63) is 63.4 Å². The number of nitrogens with zero attached hydrogens (tertiary/aromatic N) is 2. The summed E-state index contributed by atoms with van der Waals surface area (Å²) in [5, 5.41) is 11.9. The molecule has 0 aliphatic heterocycles. The molecule has 0 atom stereocenters. The fraction of sp³-hybridized carbons (Fsp3) is 0.318. The van der Waals surface area contributed by atoms with Crippen LogP contribution < -0.4 is 15.6 Å². The van der Waals surface area contributed by atoms with Crippen LogP contribution >= 0.6 is 0 Å². The summed E-state index contributed by atoms with van der Waals surface area (Å²) < 4.78 is 7.00. The number of carbonyl (C=O) groups excluding carboxylic acids is 1. The lowest BCUT2D eigenvalue weighted by molar-refractivity contribution is 0.145. The maximum absolute atomic E-state index is 12.9. The van der Waals surface area contributed by atoms with Gasteiger partial charge in [-0.3, -0.25) is 9.48 Å². The molecule has 3 aromatic rings. The first-order valence-corrected chi connectivity index (χ1v) is 9.51. The van der Waals surface area contributed by atoms with Crippen molar-refractivity contribution in [1.82, 2.24) is 14.7 Å². The lowest BCUT2D eigenvalue weighted by atomic mass is 9.82. The first-order chi connectivity index (χ1) is 14.0. The summed E-state index contributed by atoms with van der Waals surface area (Å²) >= 11 is 0. The van der Waals surface area contributed by atoms with Crippen LogP contribution in [0.25, 0.3) is 10.9 Å². The molecule has 0 bridgehead atoms. The van der Waals surface area contributed by atoms with E-state index in [1.54, 1.807) is 0 Å². The van der Waals surface area contributed by atoms with E-state index in [1.807, 2.05) is 25.1 Å². The summed E-state index contributed by atoms with van der Waals surface area (Å²) in [4.78, 5) is 36.7. The number of carbonyl (C=O) groups is 2. The third-order valence-electron chi connectivity index (χ3n) is 5.07. The van der Waals surface area contributed by atoms with Crippen LogP contribution in [0.4, 0.5) is 9.59 Å². The Hall–Kier alpha value is -3.55. The largest absolute Gasteiger partial charge is 0.511 e. The highest BCUT2D eigenvalue weighted by atomic mass is 16.7. The molecule has 158 valence electrons. The molecule has 0 saturated carbocycles. The molecule has 0 aliphatic carbocycles. The van der Waals surface area contributed by atoms with E-state index in [9.17, 15) is 14.4 Å². The number of hydrogen-bond acceptors (Lipinski definition) is 4. The van der Waals surface area contributed by atoms with Gasteiger partial charge in [-0.1, -0.05) is 45.0 Å². The molecule has 1 aromatic heterocycles. The summed E-state index contributed by atoms with van der Waals surface area (Å²) in [6.45, 7) is 8.54. The molecule has 8 heteroatoms. The molecule has 0 spiro atoms. The number of ether oxygens (including phenoxy) is 1. The Kier molecular flexibility index (Phi) is 5.43. The Morgan fingerprint density at radius 3 is 2.43 bits per heavy atom. The van der Waals surface area contributed by atoms with Crippen LogP contribution in [0.15, 0.2) is 41.2 Å². The molecule has 0 unspecified atom stereocenters. The van der Waals surface area contributed by atoms with Crippen molar-refractivity contribution in [1.29, 1.82) is 0 Å². The van der Waals surface area contributed by atoms with E-state index >= 15 is 0 Å². The second-order valence-corrected chi connectivity index (χ2v) is 8.17. The Bertz CT molecular complexity index is 1200. The van der Waals surface area contributed by atoms with E-state index in [0.29, 0.717) is 0 Å². The van der Waals surface area contributed by atoms with Crippen molar-refractivity contribution in [2.45, 2.75) is 39.7 Å². The average molecular weight is 411 g/mol. The van der Waals surface area contributed by atoms with E-state index in [-0.39, 0.29) is 28.6 Å². The van der Waals surface area contributed by atoms with Crippen LogP contribution in [-0.2, 0) is 19.0 Å². The van der Waals surface area contributed by atoms with Crippen LogP contribution in [0.3, 0.4) is 0 Å². The normalized spacial score (nSPS) is 11.5. The van der Waals surface area contributed by atoms with Crippen molar-refractivity contribution < 1.29 is 19.4 Å². The van der Waals surface area contributed by atoms with Gasteiger partial charge in [0, 0.05) is 13.6 Å². The summed E-state index contributed by atoms with van der Waals surface area (Å²) in [6, 6.07) is 9.86. The number of hydrogen-bond donors (Lipinski definition) is 2. The van der Waals surface area contributed by atoms with Crippen LogP contribution in [-0.4, -0.2) is 26.7 Å². The predicted octanol–water partition coefficient (Wildman–Crippen LogP) is 3.76. The van der Waals surface area contributed by atoms with Gasteiger partial charge in [-0.25, -0.2) is 9.59 Å². The quantitative estimate of drug-likeness (QED) is 0.505. The van der Waals surface area contributed by atoms with Gasteiger partial charge in [0.1, 0.15) is 5.52 Å². The predicted molar refractivity (Wildman–Crippen MR) is 113 cm³/mol. The molecule has 2 N–H and O–H groups in total. The molecule has 0 saturated heterocycles. The van der Waals surface area contributed by atoms with Crippen molar-refractivity contribution in [3.63, 3.8) is 0 Å². The number of nitrogens with one attached hydrogen (secondary N) is 1. The zero-order valence-corrected chi connectivity index (χ0v) is 17.6. The molecular weight excluding hydrogens is 386 g/mol. The van der Waals surface area contributed by atoms with Gasteiger partial charge in [0.15, 0.2) is 5.75 Å². The van der Waals surface area contributed by atoms with Gasteiger partial charge in [0.2, 0.25) is 0 Å². The number of para-hydroxylation sites is 1.